The van der Waals surface area contributed by atoms with Crippen molar-refractivity contribution in [2.45, 2.75) is 69.8 Å². The van der Waals surface area contributed by atoms with E-state index in [9.17, 15) is 33.9 Å². The number of rotatable bonds is 16. The second-order valence-electron chi connectivity index (χ2n) is 12.0. The Balaban J connectivity index is 1.84. The Morgan fingerprint density at radius 3 is 2.08 bits per heavy atom. The van der Waals surface area contributed by atoms with E-state index >= 15 is 0 Å². The first kappa shape index (κ1) is 37.4. The number of alkyl carbamates (subject to hydrolysis) is 1. The number of thioether (sulfide) groups is 1. The van der Waals surface area contributed by atoms with Gasteiger partial charge in [0.1, 0.15) is 29.8 Å². The maximum Gasteiger partial charge on any atom is 0.408 e. The molecule has 3 rings (SSSR count). The molecule has 0 aliphatic carbocycles. The molecule has 15 heteroatoms. The number of primary amides is 1. The highest BCUT2D eigenvalue weighted by Gasteiger charge is 2.33. The average Bonchev–Trinajstić information content (AvgIpc) is 3.42. The molecule has 3 aromatic rings. The summed E-state index contributed by atoms with van der Waals surface area (Å²) in [5.41, 5.74) is 6.58. The van der Waals surface area contributed by atoms with Crippen molar-refractivity contribution in [3.8, 4) is 0 Å². The first-order valence-electron chi connectivity index (χ1n) is 15.2. The lowest BCUT2D eigenvalue weighted by Crippen LogP contribution is -2.58. The number of amides is 5. The lowest BCUT2D eigenvalue weighted by atomic mass is 10.0. The summed E-state index contributed by atoms with van der Waals surface area (Å²) in [6, 6.07) is 10.2. The number of H-pyrrole nitrogens is 1. The number of carboxylic acid groups (broad SMARTS) is 1. The van der Waals surface area contributed by atoms with Crippen LogP contribution >= 0.6 is 11.8 Å². The molecular formula is C33H42N6O8S. The number of aromatic amines is 1. The van der Waals surface area contributed by atoms with E-state index in [2.05, 4.69) is 26.3 Å². The van der Waals surface area contributed by atoms with Gasteiger partial charge in [0, 0.05) is 23.5 Å². The Kier molecular flexibility index (Phi) is 13.4. The van der Waals surface area contributed by atoms with Crippen LogP contribution < -0.4 is 27.0 Å². The summed E-state index contributed by atoms with van der Waals surface area (Å²) in [7, 11) is 0. The van der Waals surface area contributed by atoms with Crippen molar-refractivity contribution in [2.75, 3.05) is 12.0 Å². The number of hydrogen-bond donors (Lipinski definition) is 7. The minimum Gasteiger partial charge on any atom is -0.481 e. The zero-order valence-corrected chi connectivity index (χ0v) is 28.0. The second-order valence-corrected chi connectivity index (χ2v) is 13.0. The molecule has 4 atom stereocenters. The van der Waals surface area contributed by atoms with Crippen LogP contribution in [-0.2, 0) is 35.1 Å². The Morgan fingerprint density at radius 2 is 1.46 bits per heavy atom. The largest absolute Gasteiger partial charge is 0.481 e. The number of carboxylic acids is 1. The maximum atomic E-state index is 13.8. The summed E-state index contributed by atoms with van der Waals surface area (Å²) in [5.74, 6) is -4.37. The van der Waals surface area contributed by atoms with Crippen LogP contribution in [0.1, 0.15) is 50.8 Å². The summed E-state index contributed by atoms with van der Waals surface area (Å²) in [4.78, 5) is 80.3. The van der Waals surface area contributed by atoms with Gasteiger partial charge in [-0.15, -0.1) is 0 Å². The van der Waals surface area contributed by atoms with Crippen LogP contribution in [0, 0.1) is 0 Å². The maximum absolute atomic E-state index is 13.8. The van der Waals surface area contributed by atoms with Crippen molar-refractivity contribution >= 4 is 58.4 Å². The number of nitrogens with two attached hydrogens (primary N) is 1. The number of hydrogen-bond acceptors (Lipinski definition) is 8. The van der Waals surface area contributed by atoms with Gasteiger partial charge >= 0.3 is 12.1 Å². The summed E-state index contributed by atoms with van der Waals surface area (Å²) < 4.78 is 5.39. The van der Waals surface area contributed by atoms with E-state index in [1.54, 1.807) is 63.6 Å². The second kappa shape index (κ2) is 17.2. The van der Waals surface area contributed by atoms with Crippen molar-refractivity contribution in [3.63, 3.8) is 0 Å². The number of ether oxygens (including phenoxy) is 1. The van der Waals surface area contributed by atoms with Gasteiger partial charge in [0.05, 0.1) is 6.42 Å². The topological polar surface area (TPSA) is 222 Å². The number of aromatic nitrogens is 1. The number of carbonyl (C=O) groups excluding carboxylic acids is 5. The van der Waals surface area contributed by atoms with E-state index in [4.69, 9.17) is 10.5 Å². The van der Waals surface area contributed by atoms with Crippen LogP contribution in [0.5, 0.6) is 0 Å². The normalized spacial score (nSPS) is 13.8. The molecule has 14 nitrogen and oxygen atoms in total. The van der Waals surface area contributed by atoms with E-state index in [-0.39, 0.29) is 12.8 Å². The van der Waals surface area contributed by atoms with E-state index in [1.807, 2.05) is 24.3 Å². The van der Waals surface area contributed by atoms with Crippen LogP contribution in [0.25, 0.3) is 10.9 Å². The van der Waals surface area contributed by atoms with Gasteiger partial charge in [0.15, 0.2) is 0 Å². The lowest BCUT2D eigenvalue weighted by Gasteiger charge is -2.26. The quantitative estimate of drug-likeness (QED) is 0.117. The Hall–Kier alpha value is -5.05. The van der Waals surface area contributed by atoms with E-state index < -0.39 is 71.9 Å². The monoisotopic (exact) mass is 682 g/mol. The smallest absolute Gasteiger partial charge is 0.408 e. The van der Waals surface area contributed by atoms with Crippen molar-refractivity contribution < 1.29 is 38.6 Å². The van der Waals surface area contributed by atoms with Gasteiger partial charge < -0.3 is 41.8 Å². The first-order valence-corrected chi connectivity index (χ1v) is 16.6. The van der Waals surface area contributed by atoms with Gasteiger partial charge in [0.2, 0.25) is 23.6 Å². The third-order valence-electron chi connectivity index (χ3n) is 7.07. The highest BCUT2D eigenvalue weighted by Crippen LogP contribution is 2.20. The standard InChI is InChI=1S/C33H42N6O8S/c1-33(2,3)47-32(46)38-24(16-20-18-35-22-13-9-8-12-21(20)22)30(44)36-23(14-15-48-4)29(43)37-25(17-26(40)41)31(45)39-27(28(34)42)19-10-6-5-7-11-19/h5-13,18,23-25,27,35H,14-17H2,1-4H3,(H2,34,42)(H,36,44)(H,37,43)(H,38,46)(H,39,45)(H,40,41)/t23-,24-,25-,27+/m0/s1. The first-order chi connectivity index (χ1) is 22.7. The molecule has 1 aromatic heterocycles. The van der Waals surface area contributed by atoms with Crippen LogP contribution in [0.3, 0.4) is 0 Å². The molecule has 0 unspecified atom stereocenters. The molecule has 1 heterocycles. The molecule has 0 aliphatic rings. The summed E-state index contributed by atoms with van der Waals surface area (Å²) in [5, 5.41) is 20.4. The Morgan fingerprint density at radius 1 is 0.854 bits per heavy atom. The van der Waals surface area contributed by atoms with Crippen molar-refractivity contribution in [1.82, 2.24) is 26.3 Å². The predicted octanol–water partition coefficient (Wildman–Crippen LogP) is 2.14. The van der Waals surface area contributed by atoms with Crippen LogP contribution in [0.15, 0.2) is 60.8 Å². The SMILES string of the molecule is CSCC[C@H](NC(=O)[C@H](Cc1c[nH]c2ccccc12)NC(=O)OC(C)(C)C)C(=O)N[C@@H](CC(=O)O)C(=O)N[C@@H](C(N)=O)c1ccccc1. The van der Waals surface area contributed by atoms with Crippen molar-refractivity contribution in [1.29, 1.82) is 0 Å². The number of benzene rings is 2. The van der Waals surface area contributed by atoms with Crippen LogP contribution in [0.4, 0.5) is 4.79 Å². The zero-order valence-electron chi connectivity index (χ0n) is 27.2. The molecule has 0 spiro atoms. The van der Waals surface area contributed by atoms with Crippen LogP contribution in [0.2, 0.25) is 0 Å². The molecule has 0 radical (unpaired) electrons. The fourth-order valence-corrected chi connectivity index (χ4v) is 5.29. The molecule has 5 amide bonds. The molecule has 258 valence electrons. The number of fused-ring (bicyclic) bond motifs is 1. The Bertz CT molecular complexity index is 1610. The molecule has 0 fully saturated rings. The third-order valence-corrected chi connectivity index (χ3v) is 7.71. The van der Waals surface area contributed by atoms with Gasteiger partial charge in [-0.25, -0.2) is 4.79 Å². The molecule has 2 aromatic carbocycles. The molecule has 0 bridgehead atoms. The molecule has 0 aliphatic heterocycles. The van der Waals surface area contributed by atoms with Gasteiger partial charge in [-0.05, 0) is 56.4 Å². The van der Waals surface area contributed by atoms with Gasteiger partial charge in [-0.1, -0.05) is 48.5 Å². The zero-order chi connectivity index (χ0) is 35.4. The van der Waals surface area contributed by atoms with Gasteiger partial charge in [-0.2, -0.15) is 11.8 Å². The molecule has 0 saturated heterocycles. The van der Waals surface area contributed by atoms with E-state index in [0.29, 0.717) is 11.3 Å². The van der Waals surface area contributed by atoms with Gasteiger partial charge in [-0.3, -0.25) is 24.0 Å². The van der Waals surface area contributed by atoms with E-state index in [1.165, 1.54) is 11.8 Å². The molecular weight excluding hydrogens is 640 g/mol. The third kappa shape index (κ3) is 11.3. The number of nitrogens with one attached hydrogen (secondary N) is 5. The lowest BCUT2D eigenvalue weighted by molar-refractivity contribution is -0.141. The van der Waals surface area contributed by atoms with E-state index in [0.717, 1.165) is 16.5 Å². The minimum atomic E-state index is -1.61. The average molecular weight is 683 g/mol. The number of aliphatic carboxylic acids is 1. The van der Waals surface area contributed by atoms with Crippen LogP contribution in [-0.4, -0.2) is 81.5 Å². The fraction of sp³-hybridized carbons (Fsp3) is 0.394. The molecule has 8 N–H and O–H groups in total. The summed E-state index contributed by atoms with van der Waals surface area (Å²) >= 11 is 1.40. The molecule has 48 heavy (non-hydrogen) atoms. The minimum absolute atomic E-state index is 0.0456. The van der Waals surface area contributed by atoms with Crippen molar-refractivity contribution in [2.24, 2.45) is 5.73 Å². The number of para-hydroxylation sites is 1. The summed E-state index contributed by atoms with van der Waals surface area (Å²) in [6.45, 7) is 5.04. The number of carbonyl (C=O) groups is 6. The fourth-order valence-electron chi connectivity index (χ4n) is 4.82. The van der Waals surface area contributed by atoms with Gasteiger partial charge in [0.25, 0.3) is 0 Å². The summed E-state index contributed by atoms with van der Waals surface area (Å²) in [6.07, 6.45) is 2.03. The highest BCUT2D eigenvalue weighted by atomic mass is 32.2. The highest BCUT2D eigenvalue weighted by molar-refractivity contribution is 7.98. The predicted molar refractivity (Wildman–Crippen MR) is 181 cm³/mol. The van der Waals surface area contributed by atoms with Crippen molar-refractivity contribution in [3.05, 3.63) is 71.9 Å². The Labute approximate surface area is 282 Å². The molecule has 0 saturated carbocycles.